The molecule has 134 valence electrons. The van der Waals surface area contributed by atoms with E-state index in [0.29, 0.717) is 18.0 Å². The lowest BCUT2D eigenvalue weighted by Crippen LogP contribution is -2.14. The molecule has 1 amide bonds. The maximum Gasteiger partial charge on any atom is 0.280 e. The van der Waals surface area contributed by atoms with Crippen molar-refractivity contribution < 1.29 is 9.53 Å². The van der Waals surface area contributed by atoms with Gasteiger partial charge in [-0.1, -0.05) is 24.3 Å². The predicted octanol–water partition coefficient (Wildman–Crippen LogP) is 4.07. The zero-order valence-corrected chi connectivity index (χ0v) is 14.8. The van der Waals surface area contributed by atoms with Gasteiger partial charge in [-0.25, -0.2) is 4.68 Å². The summed E-state index contributed by atoms with van der Waals surface area (Å²) in [6.45, 7) is 2.32. The fraction of sp³-hybridized carbons (Fsp3) is 0.0952. The number of hydrogen-bond donors (Lipinski definition) is 1. The van der Waals surface area contributed by atoms with Gasteiger partial charge in [-0.15, -0.1) is 0 Å². The van der Waals surface area contributed by atoms with Crippen molar-refractivity contribution in [2.24, 2.45) is 0 Å². The van der Waals surface area contributed by atoms with Crippen LogP contribution in [0.25, 0.3) is 16.6 Å². The van der Waals surface area contributed by atoms with E-state index < -0.39 is 0 Å². The Balaban J connectivity index is 1.64. The molecule has 0 unspecified atom stereocenters. The second-order valence-corrected chi connectivity index (χ2v) is 5.92. The molecule has 0 saturated heterocycles. The number of carbonyl (C=O) groups is 1. The van der Waals surface area contributed by atoms with Crippen molar-refractivity contribution in [3.05, 3.63) is 78.8 Å². The summed E-state index contributed by atoms with van der Waals surface area (Å²) in [6, 6.07) is 19.0. The van der Waals surface area contributed by atoms with Crippen LogP contribution in [0.4, 0.5) is 5.69 Å². The molecule has 2 aromatic heterocycles. The summed E-state index contributed by atoms with van der Waals surface area (Å²) in [6.07, 6.45) is 3.46. The zero-order chi connectivity index (χ0) is 18.6. The molecule has 2 heterocycles. The van der Waals surface area contributed by atoms with E-state index in [1.165, 1.54) is 0 Å². The first kappa shape index (κ1) is 16.8. The quantitative estimate of drug-likeness (QED) is 0.584. The van der Waals surface area contributed by atoms with E-state index in [1.807, 2.05) is 67.6 Å². The second-order valence-electron chi connectivity index (χ2n) is 5.92. The highest BCUT2D eigenvalue weighted by molar-refractivity contribution is 6.05. The van der Waals surface area contributed by atoms with Crippen LogP contribution in [0.3, 0.4) is 0 Å². The number of nitrogens with one attached hydrogen (secondary N) is 1. The van der Waals surface area contributed by atoms with Gasteiger partial charge < -0.3 is 10.1 Å². The van der Waals surface area contributed by atoms with Crippen LogP contribution in [0, 0.1) is 0 Å². The van der Waals surface area contributed by atoms with E-state index in [-0.39, 0.29) is 11.6 Å². The predicted molar refractivity (Wildman–Crippen MR) is 104 cm³/mol. The number of pyridine rings is 1. The van der Waals surface area contributed by atoms with Crippen LogP contribution in [0.1, 0.15) is 17.4 Å². The van der Waals surface area contributed by atoms with Crippen molar-refractivity contribution in [3.8, 4) is 11.4 Å². The van der Waals surface area contributed by atoms with Gasteiger partial charge in [0.05, 0.1) is 24.0 Å². The van der Waals surface area contributed by atoms with E-state index in [4.69, 9.17) is 4.74 Å². The van der Waals surface area contributed by atoms with Gasteiger partial charge in [-0.2, -0.15) is 5.10 Å². The Hall–Kier alpha value is -3.67. The molecule has 4 rings (SSSR count). The fourth-order valence-electron chi connectivity index (χ4n) is 2.83. The number of ether oxygens (including phenoxy) is 1. The molecule has 6 heteroatoms. The van der Waals surface area contributed by atoms with E-state index in [1.54, 1.807) is 17.1 Å². The third kappa shape index (κ3) is 3.50. The highest BCUT2D eigenvalue weighted by atomic mass is 16.5. The molecule has 0 fully saturated rings. The first-order valence-electron chi connectivity index (χ1n) is 8.68. The van der Waals surface area contributed by atoms with E-state index in [9.17, 15) is 4.79 Å². The smallest absolute Gasteiger partial charge is 0.280 e. The average Bonchev–Trinajstić information content (AvgIpc) is 3.13. The zero-order valence-electron chi connectivity index (χ0n) is 14.8. The molecule has 27 heavy (non-hydrogen) atoms. The van der Waals surface area contributed by atoms with Crippen LogP contribution in [-0.4, -0.2) is 27.3 Å². The Morgan fingerprint density at radius 1 is 1.11 bits per heavy atom. The standard InChI is InChI=1S/C21H18N4O2/c1-2-27-19-14-25(17-8-4-3-5-9-17)24-20(19)21(26)23-16-10-11-18-15(13-16)7-6-12-22-18/h3-14H,2H2,1H3,(H,23,26). The molecule has 0 aliphatic carbocycles. The Bertz CT molecular complexity index is 1090. The molecular formula is C21H18N4O2. The Morgan fingerprint density at radius 2 is 1.96 bits per heavy atom. The maximum atomic E-state index is 12.8. The summed E-state index contributed by atoms with van der Waals surface area (Å²) in [7, 11) is 0. The topological polar surface area (TPSA) is 69.0 Å². The molecule has 2 aromatic carbocycles. The molecule has 0 spiro atoms. The van der Waals surface area contributed by atoms with E-state index in [0.717, 1.165) is 16.6 Å². The SMILES string of the molecule is CCOc1cn(-c2ccccc2)nc1C(=O)Nc1ccc2ncccc2c1. The monoisotopic (exact) mass is 358 g/mol. The number of para-hydroxylation sites is 1. The number of benzene rings is 2. The lowest BCUT2D eigenvalue weighted by atomic mass is 10.2. The first-order valence-corrected chi connectivity index (χ1v) is 8.68. The van der Waals surface area contributed by atoms with Crippen molar-refractivity contribution in [1.29, 1.82) is 0 Å². The summed E-state index contributed by atoms with van der Waals surface area (Å²) in [4.78, 5) is 17.1. The van der Waals surface area contributed by atoms with Gasteiger partial charge in [0.2, 0.25) is 0 Å². The molecule has 0 aliphatic heterocycles. The highest BCUT2D eigenvalue weighted by Crippen LogP contribution is 2.22. The highest BCUT2D eigenvalue weighted by Gasteiger charge is 2.19. The Labute approximate surface area is 156 Å². The number of fused-ring (bicyclic) bond motifs is 1. The molecule has 0 bridgehead atoms. The number of amides is 1. The number of rotatable bonds is 5. The van der Waals surface area contributed by atoms with Crippen molar-refractivity contribution in [2.75, 3.05) is 11.9 Å². The minimum Gasteiger partial charge on any atom is -0.490 e. The van der Waals surface area contributed by atoms with Crippen LogP contribution >= 0.6 is 0 Å². The van der Waals surface area contributed by atoms with Crippen LogP contribution < -0.4 is 10.1 Å². The number of carbonyl (C=O) groups excluding carboxylic acids is 1. The molecule has 1 N–H and O–H groups in total. The van der Waals surface area contributed by atoms with Crippen LogP contribution in [-0.2, 0) is 0 Å². The maximum absolute atomic E-state index is 12.8. The fourth-order valence-corrected chi connectivity index (χ4v) is 2.83. The van der Waals surface area contributed by atoms with Crippen molar-refractivity contribution in [2.45, 2.75) is 6.92 Å². The molecule has 0 radical (unpaired) electrons. The minimum atomic E-state index is -0.323. The van der Waals surface area contributed by atoms with Crippen molar-refractivity contribution >= 4 is 22.5 Å². The van der Waals surface area contributed by atoms with Gasteiger partial charge in [0.15, 0.2) is 11.4 Å². The van der Waals surface area contributed by atoms with Gasteiger partial charge in [0.1, 0.15) is 0 Å². The van der Waals surface area contributed by atoms with Crippen molar-refractivity contribution in [3.63, 3.8) is 0 Å². The van der Waals surface area contributed by atoms with E-state index >= 15 is 0 Å². The lowest BCUT2D eigenvalue weighted by molar-refractivity contribution is 0.101. The Morgan fingerprint density at radius 3 is 2.78 bits per heavy atom. The third-order valence-electron chi connectivity index (χ3n) is 4.08. The van der Waals surface area contributed by atoms with Gasteiger partial charge in [-0.3, -0.25) is 9.78 Å². The summed E-state index contributed by atoms with van der Waals surface area (Å²) in [5.41, 5.74) is 2.65. The largest absolute Gasteiger partial charge is 0.490 e. The third-order valence-corrected chi connectivity index (χ3v) is 4.08. The average molecular weight is 358 g/mol. The van der Waals surface area contributed by atoms with E-state index in [2.05, 4.69) is 15.4 Å². The Kier molecular flexibility index (Phi) is 4.53. The normalized spacial score (nSPS) is 10.7. The van der Waals surface area contributed by atoms with Crippen LogP contribution in [0.15, 0.2) is 73.1 Å². The molecule has 4 aromatic rings. The first-order chi connectivity index (χ1) is 13.2. The minimum absolute atomic E-state index is 0.243. The van der Waals surface area contributed by atoms with Gasteiger partial charge in [-0.05, 0) is 43.3 Å². The summed E-state index contributed by atoms with van der Waals surface area (Å²) < 4.78 is 7.26. The summed E-state index contributed by atoms with van der Waals surface area (Å²) >= 11 is 0. The van der Waals surface area contributed by atoms with Crippen LogP contribution in [0.5, 0.6) is 5.75 Å². The second kappa shape index (κ2) is 7.29. The molecule has 0 saturated carbocycles. The lowest BCUT2D eigenvalue weighted by Gasteiger charge is -2.06. The van der Waals surface area contributed by atoms with Crippen molar-refractivity contribution in [1.82, 2.24) is 14.8 Å². The number of hydrogen-bond acceptors (Lipinski definition) is 4. The number of nitrogens with zero attached hydrogens (tertiary/aromatic N) is 3. The van der Waals surface area contributed by atoms with Crippen LogP contribution in [0.2, 0.25) is 0 Å². The summed E-state index contributed by atoms with van der Waals surface area (Å²) in [5.74, 6) is 0.123. The molecule has 0 atom stereocenters. The van der Waals surface area contributed by atoms with Gasteiger partial charge in [0.25, 0.3) is 5.91 Å². The van der Waals surface area contributed by atoms with Gasteiger partial charge in [0, 0.05) is 17.3 Å². The number of aromatic nitrogens is 3. The summed E-state index contributed by atoms with van der Waals surface area (Å²) in [5, 5.41) is 8.27. The molecule has 6 nitrogen and oxygen atoms in total. The molecule has 0 aliphatic rings. The number of anilines is 1. The van der Waals surface area contributed by atoms with Gasteiger partial charge >= 0.3 is 0 Å². The molecular weight excluding hydrogens is 340 g/mol.